The van der Waals surface area contributed by atoms with Crippen molar-refractivity contribution in [2.24, 2.45) is 16.8 Å². The Bertz CT molecular complexity index is 372. The second kappa shape index (κ2) is 6.13. The third kappa shape index (κ3) is 4.34. The number of amidine groups is 1. The van der Waals surface area contributed by atoms with Gasteiger partial charge in [-0.25, -0.2) is 0 Å². The highest BCUT2D eigenvalue weighted by Gasteiger charge is 2.07. The van der Waals surface area contributed by atoms with Gasteiger partial charge in [0.15, 0.2) is 5.84 Å². The molecule has 0 saturated carbocycles. The Balaban J connectivity index is 2.62. The molecule has 0 aliphatic carbocycles. The maximum atomic E-state index is 8.53. The van der Waals surface area contributed by atoms with Crippen molar-refractivity contribution in [1.29, 1.82) is 0 Å². The van der Waals surface area contributed by atoms with Gasteiger partial charge in [0, 0.05) is 5.56 Å². The van der Waals surface area contributed by atoms with Crippen molar-refractivity contribution in [3.8, 4) is 5.75 Å². The van der Waals surface area contributed by atoms with Crippen molar-refractivity contribution in [1.82, 2.24) is 0 Å². The maximum Gasteiger partial charge on any atom is 0.170 e. The summed E-state index contributed by atoms with van der Waals surface area (Å²) in [7, 11) is 0. The molecule has 0 radical (unpaired) electrons. The molecule has 0 saturated heterocycles. The maximum absolute atomic E-state index is 8.53. The zero-order valence-electron chi connectivity index (χ0n) is 10.6. The van der Waals surface area contributed by atoms with E-state index in [4.69, 9.17) is 15.7 Å². The van der Waals surface area contributed by atoms with Crippen LogP contribution in [0.5, 0.6) is 5.75 Å². The number of nitrogens with zero attached hydrogens (tertiary/aromatic N) is 1. The van der Waals surface area contributed by atoms with Gasteiger partial charge in [-0.15, -0.1) is 0 Å². The summed E-state index contributed by atoms with van der Waals surface area (Å²) in [4.78, 5) is 0. The average molecular weight is 236 g/mol. The molecular weight excluding hydrogens is 216 g/mol. The van der Waals surface area contributed by atoms with Gasteiger partial charge in [-0.1, -0.05) is 19.0 Å². The van der Waals surface area contributed by atoms with Crippen LogP contribution in [0, 0.1) is 5.92 Å². The standard InChI is InChI=1S/C13H20N2O2/c1-9(2)8-10(3)17-12-6-4-11(5-7-12)13(14)15-16/h4-7,9-10,16H,8H2,1-3H3,(H2,14,15). The number of oxime groups is 1. The Kier molecular flexibility index (Phi) is 4.82. The Hall–Kier alpha value is -1.71. The first-order chi connectivity index (χ1) is 8.02. The van der Waals surface area contributed by atoms with E-state index in [1.54, 1.807) is 12.1 Å². The van der Waals surface area contributed by atoms with E-state index in [0.29, 0.717) is 11.5 Å². The van der Waals surface area contributed by atoms with E-state index in [-0.39, 0.29) is 11.9 Å². The van der Waals surface area contributed by atoms with Crippen molar-refractivity contribution >= 4 is 5.84 Å². The number of rotatable bonds is 5. The van der Waals surface area contributed by atoms with Crippen molar-refractivity contribution in [2.75, 3.05) is 0 Å². The van der Waals surface area contributed by atoms with Gasteiger partial charge in [-0.05, 0) is 43.5 Å². The van der Waals surface area contributed by atoms with E-state index in [9.17, 15) is 0 Å². The molecule has 0 aromatic heterocycles. The van der Waals surface area contributed by atoms with Gasteiger partial charge in [-0.2, -0.15) is 0 Å². The third-order valence-corrected chi connectivity index (χ3v) is 2.40. The molecule has 0 fully saturated rings. The molecule has 1 aromatic carbocycles. The summed E-state index contributed by atoms with van der Waals surface area (Å²) in [6.07, 6.45) is 1.20. The molecule has 0 heterocycles. The number of hydrogen-bond donors (Lipinski definition) is 2. The lowest BCUT2D eigenvalue weighted by Crippen LogP contribution is -2.15. The fourth-order valence-corrected chi connectivity index (χ4v) is 1.71. The van der Waals surface area contributed by atoms with E-state index in [2.05, 4.69) is 25.9 Å². The first-order valence-corrected chi connectivity index (χ1v) is 5.77. The van der Waals surface area contributed by atoms with Crippen molar-refractivity contribution in [3.63, 3.8) is 0 Å². The van der Waals surface area contributed by atoms with Crippen molar-refractivity contribution in [3.05, 3.63) is 29.8 Å². The summed E-state index contributed by atoms with van der Waals surface area (Å²) in [6.45, 7) is 6.39. The molecule has 0 aliphatic rings. The summed E-state index contributed by atoms with van der Waals surface area (Å²) < 4.78 is 5.75. The van der Waals surface area contributed by atoms with Crippen LogP contribution in [0.15, 0.2) is 29.4 Å². The minimum atomic E-state index is 0.103. The lowest BCUT2D eigenvalue weighted by molar-refractivity contribution is 0.193. The van der Waals surface area contributed by atoms with Gasteiger partial charge < -0.3 is 15.7 Å². The molecule has 1 aromatic rings. The number of benzene rings is 1. The largest absolute Gasteiger partial charge is 0.491 e. The second-order valence-corrected chi connectivity index (χ2v) is 4.57. The average Bonchev–Trinajstić information content (AvgIpc) is 2.28. The quantitative estimate of drug-likeness (QED) is 0.357. The van der Waals surface area contributed by atoms with Crippen molar-refractivity contribution in [2.45, 2.75) is 33.3 Å². The number of ether oxygens (including phenoxy) is 1. The molecule has 3 N–H and O–H groups in total. The molecule has 4 heteroatoms. The lowest BCUT2D eigenvalue weighted by atomic mass is 10.1. The topological polar surface area (TPSA) is 67.8 Å². The van der Waals surface area contributed by atoms with Gasteiger partial charge in [0.1, 0.15) is 5.75 Å². The van der Waals surface area contributed by atoms with Crippen LogP contribution in [0.1, 0.15) is 32.8 Å². The van der Waals surface area contributed by atoms with E-state index in [1.807, 2.05) is 12.1 Å². The summed E-state index contributed by atoms with van der Waals surface area (Å²) in [5.41, 5.74) is 6.15. The third-order valence-electron chi connectivity index (χ3n) is 2.40. The highest BCUT2D eigenvalue weighted by Crippen LogP contribution is 2.16. The van der Waals surface area contributed by atoms with E-state index in [0.717, 1.165) is 12.2 Å². The smallest absolute Gasteiger partial charge is 0.170 e. The molecule has 0 spiro atoms. The van der Waals surface area contributed by atoms with Crippen molar-refractivity contribution < 1.29 is 9.94 Å². The van der Waals surface area contributed by atoms with Crippen LogP contribution in [0.3, 0.4) is 0 Å². The fourth-order valence-electron chi connectivity index (χ4n) is 1.71. The van der Waals surface area contributed by atoms with Crippen LogP contribution in [-0.4, -0.2) is 17.1 Å². The van der Waals surface area contributed by atoms with Gasteiger partial charge in [0.05, 0.1) is 6.10 Å². The molecule has 0 amide bonds. The van der Waals surface area contributed by atoms with Crippen LogP contribution in [0.2, 0.25) is 0 Å². The van der Waals surface area contributed by atoms with Crippen LogP contribution < -0.4 is 10.5 Å². The molecule has 4 nitrogen and oxygen atoms in total. The van der Waals surface area contributed by atoms with E-state index >= 15 is 0 Å². The molecular formula is C13H20N2O2. The molecule has 94 valence electrons. The Morgan fingerprint density at radius 3 is 2.35 bits per heavy atom. The molecule has 1 atom stereocenters. The zero-order valence-corrected chi connectivity index (χ0v) is 10.6. The predicted octanol–water partition coefficient (Wildman–Crippen LogP) is 2.59. The highest BCUT2D eigenvalue weighted by molar-refractivity contribution is 5.97. The molecule has 1 rings (SSSR count). The van der Waals surface area contributed by atoms with E-state index < -0.39 is 0 Å². The number of hydrogen-bond acceptors (Lipinski definition) is 3. The number of nitrogens with two attached hydrogens (primary N) is 1. The molecule has 0 bridgehead atoms. The highest BCUT2D eigenvalue weighted by atomic mass is 16.5. The zero-order chi connectivity index (χ0) is 12.8. The van der Waals surface area contributed by atoms with Crippen LogP contribution >= 0.6 is 0 Å². The summed E-state index contributed by atoms with van der Waals surface area (Å²) in [6, 6.07) is 7.19. The van der Waals surface area contributed by atoms with Crippen LogP contribution in [0.25, 0.3) is 0 Å². The van der Waals surface area contributed by atoms with Gasteiger partial charge in [-0.3, -0.25) is 0 Å². The normalized spacial score (nSPS) is 13.8. The first kappa shape index (κ1) is 13.4. The monoisotopic (exact) mass is 236 g/mol. The molecule has 17 heavy (non-hydrogen) atoms. The van der Waals surface area contributed by atoms with Crippen LogP contribution in [-0.2, 0) is 0 Å². The predicted molar refractivity (Wildman–Crippen MR) is 68.5 cm³/mol. The Labute approximate surface area is 102 Å². The SMILES string of the molecule is CC(C)CC(C)Oc1ccc(/C(N)=N/O)cc1. The summed E-state index contributed by atoms with van der Waals surface area (Å²) >= 11 is 0. The lowest BCUT2D eigenvalue weighted by Gasteiger charge is -2.16. The first-order valence-electron chi connectivity index (χ1n) is 5.77. The minimum absolute atomic E-state index is 0.103. The Morgan fingerprint density at radius 1 is 1.29 bits per heavy atom. The minimum Gasteiger partial charge on any atom is -0.491 e. The fraction of sp³-hybridized carbons (Fsp3) is 0.462. The van der Waals surface area contributed by atoms with Gasteiger partial charge in [0.2, 0.25) is 0 Å². The Morgan fingerprint density at radius 2 is 1.88 bits per heavy atom. The van der Waals surface area contributed by atoms with Gasteiger partial charge >= 0.3 is 0 Å². The van der Waals surface area contributed by atoms with E-state index in [1.165, 1.54) is 0 Å². The molecule has 0 aliphatic heterocycles. The summed E-state index contributed by atoms with van der Waals surface area (Å²) in [5, 5.41) is 11.5. The molecule has 1 unspecified atom stereocenters. The summed E-state index contributed by atoms with van der Waals surface area (Å²) in [5.74, 6) is 1.51. The van der Waals surface area contributed by atoms with Gasteiger partial charge in [0.25, 0.3) is 0 Å². The van der Waals surface area contributed by atoms with Crippen LogP contribution in [0.4, 0.5) is 0 Å². The second-order valence-electron chi connectivity index (χ2n) is 4.57.